The number of hydrogen-bond acceptors (Lipinski definition) is 3. The van der Waals surface area contributed by atoms with Crippen molar-refractivity contribution in [3.63, 3.8) is 0 Å². The molecule has 2 saturated heterocycles. The first-order valence-electron chi connectivity index (χ1n) is 7.93. The van der Waals surface area contributed by atoms with E-state index in [0.29, 0.717) is 0 Å². The number of hydrogen-bond donors (Lipinski definition) is 1. The summed E-state index contributed by atoms with van der Waals surface area (Å²) in [7, 11) is 0. The predicted molar refractivity (Wildman–Crippen MR) is 81.6 cm³/mol. The Bertz CT molecular complexity index is 422. The molecule has 0 amide bonds. The Labute approximate surface area is 122 Å². The molecule has 2 heterocycles. The first-order chi connectivity index (χ1) is 9.74. The van der Waals surface area contributed by atoms with Crippen LogP contribution in [0.5, 0.6) is 0 Å². The third kappa shape index (κ3) is 3.05. The van der Waals surface area contributed by atoms with E-state index in [9.17, 15) is 5.11 Å². The van der Waals surface area contributed by atoms with E-state index in [1.807, 2.05) is 30.3 Å². The minimum absolute atomic E-state index is 0.283. The van der Waals surface area contributed by atoms with E-state index >= 15 is 0 Å². The molecule has 3 nitrogen and oxygen atoms in total. The lowest BCUT2D eigenvalue weighted by atomic mass is 9.96. The second kappa shape index (κ2) is 6.25. The highest BCUT2D eigenvalue weighted by molar-refractivity contribution is 5.17. The first kappa shape index (κ1) is 14.1. The van der Waals surface area contributed by atoms with E-state index in [1.165, 1.54) is 32.5 Å². The third-order valence-electron chi connectivity index (χ3n) is 4.90. The van der Waals surface area contributed by atoms with Gasteiger partial charge in [0.05, 0.1) is 6.10 Å². The normalized spacial score (nSPS) is 27.2. The molecule has 2 fully saturated rings. The van der Waals surface area contributed by atoms with Crippen molar-refractivity contribution >= 4 is 0 Å². The standard InChI is InChI=1S/C17H26N2O/c1-14(17(20)15-6-3-2-4-7-15)12-18-10-11-19-9-5-8-16(19)13-18/h2-4,6-7,14,16-17,20H,5,8-13H2,1H3. The topological polar surface area (TPSA) is 26.7 Å². The minimum atomic E-state index is -0.349. The van der Waals surface area contributed by atoms with Gasteiger partial charge >= 0.3 is 0 Å². The van der Waals surface area contributed by atoms with Gasteiger partial charge in [-0.1, -0.05) is 37.3 Å². The zero-order valence-corrected chi connectivity index (χ0v) is 12.4. The fraction of sp³-hybridized carbons (Fsp3) is 0.647. The predicted octanol–water partition coefficient (Wildman–Crippen LogP) is 2.14. The van der Waals surface area contributed by atoms with Gasteiger partial charge in [-0.25, -0.2) is 0 Å². The highest BCUT2D eigenvalue weighted by Crippen LogP contribution is 2.25. The van der Waals surface area contributed by atoms with Gasteiger partial charge < -0.3 is 10.0 Å². The Morgan fingerprint density at radius 3 is 2.80 bits per heavy atom. The maximum Gasteiger partial charge on any atom is 0.0827 e. The minimum Gasteiger partial charge on any atom is -0.388 e. The van der Waals surface area contributed by atoms with Crippen LogP contribution in [0.15, 0.2) is 30.3 Å². The zero-order chi connectivity index (χ0) is 13.9. The molecular formula is C17H26N2O. The molecule has 3 unspecified atom stereocenters. The van der Waals surface area contributed by atoms with Gasteiger partial charge in [-0.05, 0) is 30.9 Å². The molecule has 0 saturated carbocycles. The summed E-state index contributed by atoms with van der Waals surface area (Å²) in [5.41, 5.74) is 1.04. The maximum atomic E-state index is 10.5. The molecule has 110 valence electrons. The van der Waals surface area contributed by atoms with Crippen LogP contribution in [0.3, 0.4) is 0 Å². The molecule has 1 aromatic carbocycles. The van der Waals surface area contributed by atoms with Crippen LogP contribution < -0.4 is 0 Å². The van der Waals surface area contributed by atoms with Gasteiger partial charge in [0.1, 0.15) is 0 Å². The summed E-state index contributed by atoms with van der Waals surface area (Å²) in [5, 5.41) is 10.5. The highest BCUT2D eigenvalue weighted by atomic mass is 16.3. The number of benzene rings is 1. The average Bonchev–Trinajstić information content (AvgIpc) is 2.95. The quantitative estimate of drug-likeness (QED) is 0.911. The highest BCUT2D eigenvalue weighted by Gasteiger charge is 2.31. The molecule has 0 aliphatic carbocycles. The van der Waals surface area contributed by atoms with E-state index < -0.39 is 0 Å². The van der Waals surface area contributed by atoms with Crippen LogP contribution in [0.1, 0.15) is 31.4 Å². The van der Waals surface area contributed by atoms with Gasteiger partial charge in [-0.3, -0.25) is 4.90 Å². The van der Waals surface area contributed by atoms with Crippen LogP contribution in [0.4, 0.5) is 0 Å². The average molecular weight is 274 g/mol. The molecule has 3 heteroatoms. The molecule has 0 aromatic heterocycles. The monoisotopic (exact) mass is 274 g/mol. The van der Waals surface area contributed by atoms with Gasteiger partial charge in [-0.15, -0.1) is 0 Å². The van der Waals surface area contributed by atoms with E-state index in [0.717, 1.165) is 24.7 Å². The number of fused-ring (bicyclic) bond motifs is 1. The van der Waals surface area contributed by atoms with Crippen LogP contribution in [0.25, 0.3) is 0 Å². The van der Waals surface area contributed by atoms with Gasteiger partial charge in [0.15, 0.2) is 0 Å². The molecule has 0 radical (unpaired) electrons. The molecule has 1 aromatic rings. The van der Waals surface area contributed by atoms with E-state index in [2.05, 4.69) is 16.7 Å². The molecule has 0 spiro atoms. The number of rotatable bonds is 4. The molecule has 3 atom stereocenters. The van der Waals surface area contributed by atoms with Crippen LogP contribution in [0.2, 0.25) is 0 Å². The first-order valence-corrected chi connectivity index (χ1v) is 7.93. The van der Waals surface area contributed by atoms with Gasteiger partial charge in [0, 0.05) is 32.2 Å². The van der Waals surface area contributed by atoms with E-state index in [4.69, 9.17) is 0 Å². The fourth-order valence-electron chi connectivity index (χ4n) is 3.71. The number of aliphatic hydroxyl groups excluding tert-OH is 1. The number of aliphatic hydroxyl groups is 1. The summed E-state index contributed by atoms with van der Waals surface area (Å²) >= 11 is 0. The van der Waals surface area contributed by atoms with Crippen molar-refractivity contribution in [3.05, 3.63) is 35.9 Å². The Balaban J connectivity index is 1.55. The maximum absolute atomic E-state index is 10.5. The van der Waals surface area contributed by atoms with Crippen molar-refractivity contribution in [3.8, 4) is 0 Å². The largest absolute Gasteiger partial charge is 0.388 e. The molecule has 2 aliphatic heterocycles. The summed E-state index contributed by atoms with van der Waals surface area (Å²) in [6, 6.07) is 10.8. The Kier molecular flexibility index (Phi) is 4.39. The molecule has 3 rings (SSSR count). The Morgan fingerprint density at radius 1 is 1.20 bits per heavy atom. The molecule has 0 bridgehead atoms. The molecular weight excluding hydrogens is 248 g/mol. The summed E-state index contributed by atoms with van der Waals surface area (Å²) < 4.78 is 0. The van der Waals surface area contributed by atoms with Crippen molar-refractivity contribution < 1.29 is 5.11 Å². The van der Waals surface area contributed by atoms with Gasteiger partial charge in [-0.2, -0.15) is 0 Å². The van der Waals surface area contributed by atoms with Crippen LogP contribution in [-0.2, 0) is 0 Å². The van der Waals surface area contributed by atoms with Crippen molar-refractivity contribution in [2.75, 3.05) is 32.7 Å². The van der Waals surface area contributed by atoms with Crippen LogP contribution >= 0.6 is 0 Å². The summed E-state index contributed by atoms with van der Waals surface area (Å²) in [6.45, 7) is 8.01. The summed E-state index contributed by atoms with van der Waals surface area (Å²) in [5.74, 6) is 0.283. The zero-order valence-electron chi connectivity index (χ0n) is 12.4. The lowest BCUT2D eigenvalue weighted by Gasteiger charge is -2.39. The lowest BCUT2D eigenvalue weighted by molar-refractivity contribution is 0.0526. The SMILES string of the molecule is CC(CN1CCN2CCCC2C1)C(O)c1ccccc1. The molecule has 1 N–H and O–H groups in total. The van der Waals surface area contributed by atoms with Crippen molar-refractivity contribution in [1.82, 2.24) is 9.80 Å². The van der Waals surface area contributed by atoms with Crippen molar-refractivity contribution in [2.24, 2.45) is 5.92 Å². The Hall–Kier alpha value is -0.900. The molecule has 20 heavy (non-hydrogen) atoms. The van der Waals surface area contributed by atoms with Crippen molar-refractivity contribution in [1.29, 1.82) is 0 Å². The second-order valence-electron chi connectivity index (χ2n) is 6.42. The number of piperazine rings is 1. The Morgan fingerprint density at radius 2 is 2.00 bits per heavy atom. The van der Waals surface area contributed by atoms with Crippen LogP contribution in [-0.4, -0.2) is 53.7 Å². The lowest BCUT2D eigenvalue weighted by Crippen LogP contribution is -2.51. The fourth-order valence-corrected chi connectivity index (χ4v) is 3.71. The smallest absolute Gasteiger partial charge is 0.0827 e. The second-order valence-corrected chi connectivity index (χ2v) is 6.42. The van der Waals surface area contributed by atoms with E-state index in [-0.39, 0.29) is 12.0 Å². The van der Waals surface area contributed by atoms with Crippen LogP contribution in [0, 0.1) is 5.92 Å². The van der Waals surface area contributed by atoms with Gasteiger partial charge in [0.2, 0.25) is 0 Å². The summed E-state index contributed by atoms with van der Waals surface area (Å²) in [4.78, 5) is 5.18. The molecule has 2 aliphatic rings. The van der Waals surface area contributed by atoms with Crippen molar-refractivity contribution in [2.45, 2.75) is 31.9 Å². The summed E-state index contributed by atoms with van der Waals surface area (Å²) in [6.07, 6.45) is 2.37. The number of nitrogens with zero attached hydrogens (tertiary/aromatic N) is 2. The third-order valence-corrected chi connectivity index (χ3v) is 4.90. The van der Waals surface area contributed by atoms with E-state index in [1.54, 1.807) is 0 Å². The van der Waals surface area contributed by atoms with Gasteiger partial charge in [0.25, 0.3) is 0 Å².